The molecule has 22 heavy (non-hydrogen) atoms. The lowest BCUT2D eigenvalue weighted by molar-refractivity contribution is -0.149. The summed E-state index contributed by atoms with van der Waals surface area (Å²) in [6.07, 6.45) is 1.62. The van der Waals surface area contributed by atoms with E-state index in [4.69, 9.17) is 0 Å². The standard InChI is InChI=1S/C18H27NO3/c1-5-18(6-2,16(21)22)13-19-15(20)17(3,4)12-14-10-8-7-9-11-14/h7-11H,5-6,12-13H2,1-4H3,(H,19,20)(H,21,22). The average Bonchev–Trinajstić information content (AvgIpc) is 2.48. The SMILES string of the molecule is CCC(CC)(CNC(=O)C(C)(C)Cc1ccccc1)C(=O)O. The molecule has 0 aliphatic carbocycles. The highest BCUT2D eigenvalue weighted by molar-refractivity contribution is 5.83. The molecule has 4 heteroatoms. The summed E-state index contributed by atoms with van der Waals surface area (Å²) in [5.74, 6) is -0.956. The maximum Gasteiger partial charge on any atom is 0.311 e. The number of carboxylic acids is 1. The summed E-state index contributed by atoms with van der Waals surface area (Å²) >= 11 is 0. The number of carbonyl (C=O) groups is 2. The molecule has 0 saturated heterocycles. The van der Waals surface area contributed by atoms with Crippen molar-refractivity contribution in [3.8, 4) is 0 Å². The third kappa shape index (κ3) is 4.33. The van der Waals surface area contributed by atoms with Gasteiger partial charge >= 0.3 is 5.97 Å². The number of hydrogen-bond donors (Lipinski definition) is 2. The molecule has 0 bridgehead atoms. The second-order valence-electron chi connectivity index (χ2n) is 6.52. The number of rotatable bonds is 8. The van der Waals surface area contributed by atoms with Gasteiger partial charge in [0.15, 0.2) is 0 Å². The molecule has 0 spiro atoms. The summed E-state index contributed by atoms with van der Waals surface area (Å²) in [7, 11) is 0. The van der Waals surface area contributed by atoms with Gasteiger partial charge in [0.05, 0.1) is 5.41 Å². The van der Waals surface area contributed by atoms with Gasteiger partial charge in [-0.05, 0) is 24.8 Å². The normalized spacial score (nSPS) is 12.0. The molecule has 0 fully saturated rings. The van der Waals surface area contributed by atoms with E-state index in [0.717, 1.165) is 5.56 Å². The quantitative estimate of drug-likeness (QED) is 0.774. The molecule has 1 amide bonds. The van der Waals surface area contributed by atoms with Crippen LogP contribution >= 0.6 is 0 Å². The second-order valence-corrected chi connectivity index (χ2v) is 6.52. The van der Waals surface area contributed by atoms with E-state index in [1.165, 1.54) is 0 Å². The van der Waals surface area contributed by atoms with Gasteiger partial charge in [0.2, 0.25) is 5.91 Å². The minimum Gasteiger partial charge on any atom is -0.481 e. The smallest absolute Gasteiger partial charge is 0.311 e. The van der Waals surface area contributed by atoms with E-state index >= 15 is 0 Å². The van der Waals surface area contributed by atoms with Crippen LogP contribution in [0.3, 0.4) is 0 Å². The summed E-state index contributed by atoms with van der Waals surface area (Å²) in [5.41, 5.74) is -0.357. The van der Waals surface area contributed by atoms with E-state index in [1.54, 1.807) is 0 Å². The van der Waals surface area contributed by atoms with Crippen molar-refractivity contribution in [1.29, 1.82) is 0 Å². The Hall–Kier alpha value is -1.84. The predicted molar refractivity (Wildman–Crippen MR) is 87.6 cm³/mol. The Morgan fingerprint density at radius 3 is 2.09 bits per heavy atom. The Labute approximate surface area is 132 Å². The third-order valence-corrected chi connectivity index (χ3v) is 4.50. The summed E-state index contributed by atoms with van der Waals surface area (Å²) in [5, 5.41) is 12.3. The highest BCUT2D eigenvalue weighted by Gasteiger charge is 2.37. The van der Waals surface area contributed by atoms with E-state index in [2.05, 4.69) is 5.32 Å². The van der Waals surface area contributed by atoms with Gasteiger partial charge in [0.25, 0.3) is 0 Å². The van der Waals surface area contributed by atoms with Crippen molar-refractivity contribution < 1.29 is 14.7 Å². The van der Waals surface area contributed by atoms with Crippen molar-refractivity contribution in [1.82, 2.24) is 5.32 Å². The Balaban J connectivity index is 2.72. The van der Waals surface area contributed by atoms with Crippen LogP contribution in [-0.4, -0.2) is 23.5 Å². The highest BCUT2D eigenvalue weighted by Crippen LogP contribution is 2.27. The Kier molecular flexibility index (Phi) is 6.15. The van der Waals surface area contributed by atoms with Crippen molar-refractivity contribution in [2.24, 2.45) is 10.8 Å². The van der Waals surface area contributed by atoms with E-state index in [0.29, 0.717) is 19.3 Å². The lowest BCUT2D eigenvalue weighted by Crippen LogP contribution is -2.46. The number of benzene rings is 1. The summed E-state index contributed by atoms with van der Waals surface area (Å²) in [6, 6.07) is 9.84. The maximum atomic E-state index is 12.5. The van der Waals surface area contributed by atoms with E-state index in [-0.39, 0.29) is 12.5 Å². The third-order valence-electron chi connectivity index (χ3n) is 4.50. The van der Waals surface area contributed by atoms with Crippen molar-refractivity contribution in [3.63, 3.8) is 0 Å². The average molecular weight is 305 g/mol. The Morgan fingerprint density at radius 1 is 1.09 bits per heavy atom. The molecule has 0 heterocycles. The van der Waals surface area contributed by atoms with Gasteiger partial charge in [-0.1, -0.05) is 58.0 Å². The first-order valence-corrected chi connectivity index (χ1v) is 7.83. The number of carboxylic acid groups (broad SMARTS) is 1. The van der Waals surface area contributed by atoms with Gasteiger partial charge in [0.1, 0.15) is 0 Å². The van der Waals surface area contributed by atoms with Crippen LogP contribution < -0.4 is 5.32 Å². The molecule has 0 saturated carbocycles. The topological polar surface area (TPSA) is 66.4 Å². The molecule has 0 atom stereocenters. The Morgan fingerprint density at radius 2 is 1.64 bits per heavy atom. The molecule has 4 nitrogen and oxygen atoms in total. The zero-order chi connectivity index (χ0) is 16.8. The van der Waals surface area contributed by atoms with E-state index in [9.17, 15) is 14.7 Å². The van der Waals surface area contributed by atoms with Gasteiger partial charge in [-0.25, -0.2) is 0 Å². The van der Waals surface area contributed by atoms with Crippen LogP contribution in [0.25, 0.3) is 0 Å². The summed E-state index contributed by atoms with van der Waals surface area (Å²) in [6.45, 7) is 7.63. The second kappa shape index (κ2) is 7.43. The Bertz CT molecular complexity index is 504. The molecule has 0 radical (unpaired) electrons. The van der Waals surface area contributed by atoms with Crippen LogP contribution in [-0.2, 0) is 16.0 Å². The van der Waals surface area contributed by atoms with Gasteiger partial charge in [-0.2, -0.15) is 0 Å². The lowest BCUT2D eigenvalue weighted by atomic mass is 9.81. The molecular weight excluding hydrogens is 278 g/mol. The molecule has 1 rings (SSSR count). The van der Waals surface area contributed by atoms with Crippen LogP contribution in [0.4, 0.5) is 0 Å². The van der Waals surface area contributed by atoms with Gasteiger partial charge in [0, 0.05) is 12.0 Å². The summed E-state index contributed by atoms with van der Waals surface area (Å²) in [4.78, 5) is 24.0. The number of carbonyl (C=O) groups excluding carboxylic acids is 1. The predicted octanol–water partition coefficient (Wildman–Crippen LogP) is 3.26. The van der Waals surface area contributed by atoms with Crippen molar-refractivity contribution in [2.45, 2.75) is 47.0 Å². The minimum absolute atomic E-state index is 0.108. The molecule has 0 aromatic heterocycles. The zero-order valence-electron chi connectivity index (χ0n) is 14.0. The molecule has 0 aliphatic rings. The molecule has 0 unspecified atom stereocenters. The fourth-order valence-corrected chi connectivity index (χ4v) is 2.55. The van der Waals surface area contributed by atoms with Crippen molar-refractivity contribution in [2.75, 3.05) is 6.54 Å². The minimum atomic E-state index is -0.877. The van der Waals surface area contributed by atoms with Crippen LogP contribution in [0, 0.1) is 10.8 Å². The number of nitrogens with one attached hydrogen (secondary N) is 1. The van der Waals surface area contributed by atoms with Gasteiger partial charge in [-0.15, -0.1) is 0 Å². The first-order valence-electron chi connectivity index (χ1n) is 7.83. The maximum absolute atomic E-state index is 12.5. The number of hydrogen-bond acceptors (Lipinski definition) is 2. The van der Waals surface area contributed by atoms with Gasteiger partial charge in [-0.3, -0.25) is 9.59 Å². The van der Waals surface area contributed by atoms with Crippen LogP contribution in [0.5, 0.6) is 0 Å². The first-order chi connectivity index (χ1) is 10.3. The van der Waals surface area contributed by atoms with Crippen LogP contribution in [0.15, 0.2) is 30.3 Å². The number of amides is 1. The molecule has 0 aliphatic heterocycles. The molecule has 1 aromatic carbocycles. The molecule has 1 aromatic rings. The fourth-order valence-electron chi connectivity index (χ4n) is 2.55. The first kappa shape index (κ1) is 18.2. The molecular formula is C18H27NO3. The van der Waals surface area contributed by atoms with Crippen LogP contribution in [0.1, 0.15) is 46.1 Å². The molecule has 122 valence electrons. The monoisotopic (exact) mass is 305 g/mol. The zero-order valence-corrected chi connectivity index (χ0v) is 14.0. The largest absolute Gasteiger partial charge is 0.481 e. The number of aliphatic carboxylic acids is 1. The fraction of sp³-hybridized carbons (Fsp3) is 0.556. The highest BCUT2D eigenvalue weighted by atomic mass is 16.4. The van der Waals surface area contributed by atoms with E-state index in [1.807, 2.05) is 58.0 Å². The molecule has 2 N–H and O–H groups in total. The lowest BCUT2D eigenvalue weighted by Gasteiger charge is -2.30. The van der Waals surface area contributed by atoms with Crippen molar-refractivity contribution >= 4 is 11.9 Å². The van der Waals surface area contributed by atoms with Crippen LogP contribution in [0.2, 0.25) is 0 Å². The van der Waals surface area contributed by atoms with E-state index < -0.39 is 16.8 Å². The summed E-state index contributed by atoms with van der Waals surface area (Å²) < 4.78 is 0. The van der Waals surface area contributed by atoms with Crippen molar-refractivity contribution in [3.05, 3.63) is 35.9 Å². The van der Waals surface area contributed by atoms with Gasteiger partial charge < -0.3 is 10.4 Å².